The minimum Gasteiger partial charge on any atom is -0.508 e. The number of nitrogens with zero attached hydrogens (tertiary/aromatic N) is 3. The first-order chi connectivity index (χ1) is 33.5. The molecule has 0 aliphatic rings. The fourth-order valence-corrected chi connectivity index (χ4v) is 8.54. The fraction of sp³-hybridized carbons (Fsp3) is 0.333. The summed E-state index contributed by atoms with van der Waals surface area (Å²) in [6.07, 6.45) is 20.1. The van der Waals surface area contributed by atoms with Crippen LogP contribution in [-0.4, -0.2) is 123 Å². The normalized spacial score (nSPS) is 11.1. The van der Waals surface area contributed by atoms with Crippen LogP contribution in [0.15, 0.2) is 136 Å². The van der Waals surface area contributed by atoms with Crippen LogP contribution >= 0.6 is 0 Å². The molecule has 0 radical (unpaired) electrons. The molecule has 368 valence electrons. The minimum atomic E-state index is 0.308. The number of nitrogens with two attached hydrogens (primary N) is 1. The SMILES string of the molecule is C=CCN(C)CCc1c[nH]c2ccc(O)cc12.C=CCN(CC=C)CCc1c[nH]c2ccc(O)cc12.CCCN(CCC)CCc1c[nH]c2ccc(O)cc12.COc1ccc2[nH]cc(CCN)c2c1. The lowest BCUT2D eigenvalue weighted by Gasteiger charge is -2.20. The zero-order valence-corrected chi connectivity index (χ0v) is 41.4. The molecule has 0 aliphatic carbocycles. The van der Waals surface area contributed by atoms with Crippen molar-refractivity contribution >= 4 is 43.6 Å². The van der Waals surface area contributed by atoms with Crippen molar-refractivity contribution in [3.63, 3.8) is 0 Å². The van der Waals surface area contributed by atoms with Gasteiger partial charge in [-0.25, -0.2) is 0 Å². The second kappa shape index (κ2) is 28.0. The first-order valence-electron chi connectivity index (χ1n) is 24.2. The summed E-state index contributed by atoms with van der Waals surface area (Å²) in [7, 11) is 3.75. The van der Waals surface area contributed by atoms with Gasteiger partial charge in [-0.2, -0.15) is 0 Å². The molecule has 0 amide bonds. The number of phenolic OH excluding ortho intramolecular Hbond substituents is 3. The number of phenols is 3. The highest BCUT2D eigenvalue weighted by Crippen LogP contribution is 2.27. The second-order valence-corrected chi connectivity index (χ2v) is 17.4. The summed E-state index contributed by atoms with van der Waals surface area (Å²) in [5.41, 5.74) is 14.9. The van der Waals surface area contributed by atoms with Gasteiger partial charge < -0.3 is 55.5 Å². The fourth-order valence-electron chi connectivity index (χ4n) is 8.54. The number of aromatic amines is 4. The molecule has 4 aromatic heterocycles. The maximum atomic E-state index is 9.59. The molecular formula is C57H76N8O4. The largest absolute Gasteiger partial charge is 0.508 e. The molecule has 4 heterocycles. The van der Waals surface area contributed by atoms with Crippen molar-refractivity contribution in [2.75, 3.05) is 73.1 Å². The van der Waals surface area contributed by atoms with E-state index in [4.69, 9.17) is 10.5 Å². The number of rotatable bonds is 22. The van der Waals surface area contributed by atoms with Crippen molar-refractivity contribution in [1.29, 1.82) is 0 Å². The van der Waals surface area contributed by atoms with Crippen LogP contribution < -0.4 is 10.5 Å². The lowest BCUT2D eigenvalue weighted by molar-refractivity contribution is 0.278. The first kappa shape index (κ1) is 53.3. The number of aromatic nitrogens is 4. The van der Waals surface area contributed by atoms with E-state index in [0.717, 1.165) is 109 Å². The molecule has 0 saturated carbocycles. The standard InChI is InChI=1S/C16H24N2O.C16H20N2O.C14H18N2O.C11H14N2O/c2*1-3-8-18(9-4-2)10-7-13-12-17-16-6-5-14(19)11-15(13)16;1-3-7-16(2)8-6-11-10-15-14-5-4-12(17)9-13(11)14;1-14-9-2-3-11-10(6-9)8(4-5-12)7-13-11/h5-6,11-12,17,19H,3-4,7-10H2,1-2H3;3-6,11-12,17,19H,1-2,7-10H2;3-5,9-10,15,17H,1,6-8H2,2H3;2-3,6-7,13H,4-5,12H2,1H3. The molecule has 0 spiro atoms. The van der Waals surface area contributed by atoms with E-state index in [2.05, 4.69) is 81.5 Å². The number of nitrogens with one attached hydrogen (secondary N) is 4. The first-order valence-corrected chi connectivity index (χ1v) is 24.2. The molecule has 0 unspecified atom stereocenters. The average Bonchev–Trinajstić information content (AvgIpc) is 4.15. The third kappa shape index (κ3) is 15.9. The summed E-state index contributed by atoms with van der Waals surface area (Å²) in [5.74, 6) is 1.85. The Kier molecular flexibility index (Phi) is 21.6. The van der Waals surface area contributed by atoms with E-state index in [0.29, 0.717) is 23.8 Å². The van der Waals surface area contributed by atoms with Crippen molar-refractivity contribution in [1.82, 2.24) is 34.6 Å². The molecule has 4 aromatic carbocycles. The lowest BCUT2D eigenvalue weighted by atomic mass is 10.1. The van der Waals surface area contributed by atoms with E-state index in [-0.39, 0.29) is 0 Å². The quantitative estimate of drug-likeness (QED) is 0.0311. The predicted octanol–water partition coefficient (Wildman–Crippen LogP) is 10.8. The summed E-state index contributed by atoms with van der Waals surface area (Å²) < 4.78 is 5.18. The third-order valence-corrected chi connectivity index (χ3v) is 12.1. The van der Waals surface area contributed by atoms with Crippen molar-refractivity contribution in [3.8, 4) is 23.0 Å². The van der Waals surface area contributed by atoms with E-state index in [9.17, 15) is 15.3 Å². The summed E-state index contributed by atoms with van der Waals surface area (Å²) in [6.45, 7) is 24.4. The van der Waals surface area contributed by atoms with Gasteiger partial charge in [-0.3, -0.25) is 4.90 Å². The highest BCUT2D eigenvalue weighted by atomic mass is 16.5. The van der Waals surface area contributed by atoms with Gasteiger partial charge in [0.05, 0.1) is 7.11 Å². The smallest absolute Gasteiger partial charge is 0.119 e. The molecule has 0 atom stereocenters. The summed E-state index contributed by atoms with van der Waals surface area (Å²) in [5, 5.41) is 33.2. The third-order valence-electron chi connectivity index (χ3n) is 12.1. The number of methoxy groups -OCH3 is 1. The second-order valence-electron chi connectivity index (χ2n) is 17.4. The molecule has 0 saturated heterocycles. The molecule has 0 aliphatic heterocycles. The average molecular weight is 937 g/mol. The number of fused-ring (bicyclic) bond motifs is 4. The predicted molar refractivity (Wildman–Crippen MR) is 290 cm³/mol. The van der Waals surface area contributed by atoms with Crippen LogP contribution in [0.2, 0.25) is 0 Å². The Morgan fingerprint density at radius 1 is 0.507 bits per heavy atom. The number of H-pyrrole nitrogens is 4. The number of aromatic hydroxyl groups is 3. The maximum Gasteiger partial charge on any atom is 0.119 e. The number of likely N-dealkylation sites (N-methyl/N-ethyl adjacent to an activating group) is 1. The van der Waals surface area contributed by atoms with Crippen LogP contribution in [0.1, 0.15) is 48.9 Å². The topological polar surface area (TPSA) is 169 Å². The number of hydrogen-bond donors (Lipinski definition) is 8. The van der Waals surface area contributed by atoms with E-state index in [1.807, 2.05) is 91.4 Å². The number of benzene rings is 4. The Hall–Kier alpha value is -6.70. The Bertz CT molecular complexity index is 2780. The minimum absolute atomic E-state index is 0.308. The molecule has 0 bridgehead atoms. The molecule has 9 N–H and O–H groups in total. The Morgan fingerprint density at radius 2 is 0.884 bits per heavy atom. The Morgan fingerprint density at radius 3 is 1.28 bits per heavy atom. The summed E-state index contributed by atoms with van der Waals surface area (Å²) in [4.78, 5) is 20.0. The van der Waals surface area contributed by atoms with Gasteiger partial charge in [-0.1, -0.05) is 32.1 Å². The van der Waals surface area contributed by atoms with Crippen LogP contribution in [0.3, 0.4) is 0 Å². The van der Waals surface area contributed by atoms with Gasteiger partial charge in [0.1, 0.15) is 23.0 Å². The molecule has 0 fully saturated rings. The summed E-state index contributed by atoms with van der Waals surface area (Å²) >= 11 is 0. The molecule has 69 heavy (non-hydrogen) atoms. The number of ether oxygens (including phenoxy) is 1. The molecule has 8 rings (SSSR count). The van der Waals surface area contributed by atoms with Crippen molar-refractivity contribution in [2.45, 2.75) is 52.4 Å². The zero-order valence-electron chi connectivity index (χ0n) is 41.4. The molecule has 12 nitrogen and oxygen atoms in total. The lowest BCUT2D eigenvalue weighted by Crippen LogP contribution is -2.27. The van der Waals surface area contributed by atoms with Gasteiger partial charge in [0.25, 0.3) is 0 Å². The number of hydrogen-bond acceptors (Lipinski definition) is 8. The Balaban J connectivity index is 0.000000173. The van der Waals surface area contributed by atoms with Gasteiger partial charge >= 0.3 is 0 Å². The molecular weight excluding hydrogens is 861 g/mol. The Labute approximate surface area is 408 Å². The monoisotopic (exact) mass is 937 g/mol. The van der Waals surface area contributed by atoms with Crippen LogP contribution in [0.25, 0.3) is 43.6 Å². The van der Waals surface area contributed by atoms with E-state index in [1.165, 1.54) is 53.6 Å². The van der Waals surface area contributed by atoms with Gasteiger partial charge in [0, 0.05) is 108 Å². The molecule has 12 heteroatoms. The van der Waals surface area contributed by atoms with Crippen molar-refractivity contribution in [3.05, 3.63) is 158 Å². The maximum absolute atomic E-state index is 9.59. The van der Waals surface area contributed by atoms with Gasteiger partial charge in [0.2, 0.25) is 0 Å². The van der Waals surface area contributed by atoms with E-state index >= 15 is 0 Å². The van der Waals surface area contributed by atoms with Crippen LogP contribution in [0, 0.1) is 0 Å². The van der Waals surface area contributed by atoms with Gasteiger partial charge in [0.15, 0.2) is 0 Å². The molecule has 8 aromatic rings. The van der Waals surface area contributed by atoms with Crippen molar-refractivity contribution < 1.29 is 20.1 Å². The summed E-state index contributed by atoms with van der Waals surface area (Å²) in [6, 6.07) is 22.4. The van der Waals surface area contributed by atoms with Crippen LogP contribution in [0.5, 0.6) is 23.0 Å². The van der Waals surface area contributed by atoms with E-state index < -0.39 is 0 Å². The van der Waals surface area contributed by atoms with Crippen LogP contribution in [0.4, 0.5) is 0 Å². The zero-order chi connectivity index (χ0) is 49.5. The highest BCUT2D eigenvalue weighted by molar-refractivity contribution is 5.86. The van der Waals surface area contributed by atoms with Gasteiger partial charge in [-0.05, 0) is 160 Å². The van der Waals surface area contributed by atoms with E-state index in [1.54, 1.807) is 25.3 Å². The van der Waals surface area contributed by atoms with Crippen molar-refractivity contribution in [2.24, 2.45) is 5.73 Å². The van der Waals surface area contributed by atoms with Gasteiger partial charge in [-0.15, -0.1) is 19.7 Å². The highest BCUT2D eigenvalue weighted by Gasteiger charge is 2.10. The van der Waals surface area contributed by atoms with Crippen LogP contribution in [-0.2, 0) is 25.7 Å².